The van der Waals surface area contributed by atoms with Gasteiger partial charge in [-0.25, -0.2) is 17.2 Å². The number of carbonyl (C=O) groups excluding carboxylic acids is 1. The number of carbonyl (C=O) groups is 1. The molecule has 0 spiro atoms. The Hall–Kier alpha value is -2.74. The summed E-state index contributed by atoms with van der Waals surface area (Å²) < 4.78 is 57.4. The van der Waals surface area contributed by atoms with Crippen molar-refractivity contribution in [2.24, 2.45) is 0 Å². The minimum absolute atomic E-state index is 0.00151. The average Bonchev–Trinajstić information content (AvgIpc) is 2.48. The highest BCUT2D eigenvalue weighted by atomic mass is 32.2. The molecule has 8 heteroatoms. The molecule has 0 aliphatic heterocycles. The molecule has 0 saturated heterocycles. The number of nitrogens with one attached hydrogen (secondary N) is 1. The maximum absolute atomic E-state index is 13.8. The van der Waals surface area contributed by atoms with Gasteiger partial charge in [0.1, 0.15) is 5.82 Å². The predicted octanol–water partition coefficient (Wildman–Crippen LogP) is 3.73. The number of benzene rings is 2. The van der Waals surface area contributed by atoms with Crippen LogP contribution in [0.3, 0.4) is 0 Å². The fourth-order valence-corrected chi connectivity index (χ4v) is 2.47. The smallest absolute Gasteiger partial charge is 0.229 e. The third-order valence-electron chi connectivity index (χ3n) is 2.93. The number of halogens is 2. The topological polar surface area (TPSA) is 72.5 Å². The summed E-state index contributed by atoms with van der Waals surface area (Å²) in [7, 11) is -3.60. The van der Waals surface area contributed by atoms with Gasteiger partial charge in [0.05, 0.1) is 11.9 Å². The van der Waals surface area contributed by atoms with Crippen molar-refractivity contribution < 1.29 is 26.7 Å². The Balaban J connectivity index is 2.45. The van der Waals surface area contributed by atoms with Crippen LogP contribution >= 0.6 is 0 Å². The van der Waals surface area contributed by atoms with E-state index in [4.69, 9.17) is 4.74 Å². The highest BCUT2D eigenvalue weighted by Crippen LogP contribution is 2.33. The second-order valence-electron chi connectivity index (χ2n) is 5.25. The Morgan fingerprint density at radius 1 is 1.12 bits per heavy atom. The Morgan fingerprint density at radius 3 is 2.44 bits per heavy atom. The first-order chi connectivity index (χ1) is 11.6. The molecule has 0 atom stereocenters. The van der Waals surface area contributed by atoms with Crippen LogP contribution in [-0.4, -0.2) is 20.5 Å². The summed E-state index contributed by atoms with van der Waals surface area (Å²) in [5.74, 6) is -2.15. The minimum Gasteiger partial charge on any atom is -0.452 e. The highest BCUT2D eigenvalue weighted by molar-refractivity contribution is 7.92. The van der Waals surface area contributed by atoms with Crippen molar-refractivity contribution in [3.8, 4) is 11.5 Å². The number of ether oxygens (including phenoxy) is 1. The van der Waals surface area contributed by atoms with Crippen LogP contribution in [0.25, 0.3) is 6.08 Å². The Bertz CT molecular complexity index is 940. The van der Waals surface area contributed by atoms with E-state index < -0.39 is 21.7 Å². The van der Waals surface area contributed by atoms with E-state index in [0.717, 1.165) is 18.4 Å². The summed E-state index contributed by atoms with van der Waals surface area (Å²) in [6, 6.07) is 7.15. The molecule has 0 amide bonds. The second-order valence-corrected chi connectivity index (χ2v) is 7.00. The molecule has 0 saturated carbocycles. The zero-order chi connectivity index (χ0) is 18.6. The SMILES string of the molecule is CC(=O)C=Cc1ccc(NS(C)(=O)=O)c(Oc2ccc(F)cc2F)c1. The van der Waals surface area contributed by atoms with E-state index in [1.165, 1.54) is 31.2 Å². The van der Waals surface area contributed by atoms with Gasteiger partial charge in [-0.05, 0) is 42.8 Å². The van der Waals surface area contributed by atoms with Gasteiger partial charge in [-0.2, -0.15) is 0 Å². The van der Waals surface area contributed by atoms with Gasteiger partial charge in [-0.3, -0.25) is 9.52 Å². The van der Waals surface area contributed by atoms with Crippen molar-refractivity contribution in [3.63, 3.8) is 0 Å². The molecule has 0 heterocycles. The molecule has 132 valence electrons. The van der Waals surface area contributed by atoms with Gasteiger partial charge in [0.2, 0.25) is 10.0 Å². The monoisotopic (exact) mass is 367 g/mol. The van der Waals surface area contributed by atoms with Crippen molar-refractivity contribution in [1.29, 1.82) is 0 Å². The normalized spacial score (nSPS) is 11.5. The summed E-state index contributed by atoms with van der Waals surface area (Å²) in [5, 5.41) is 0. The van der Waals surface area contributed by atoms with E-state index in [1.807, 2.05) is 0 Å². The summed E-state index contributed by atoms with van der Waals surface area (Å²) in [6.07, 6.45) is 3.78. The lowest BCUT2D eigenvalue weighted by molar-refractivity contribution is -0.112. The van der Waals surface area contributed by atoms with Crippen LogP contribution in [0.1, 0.15) is 12.5 Å². The molecule has 0 aliphatic carbocycles. The number of ketones is 1. The molecule has 1 N–H and O–H groups in total. The van der Waals surface area contributed by atoms with Crippen molar-refractivity contribution in [3.05, 3.63) is 59.7 Å². The lowest BCUT2D eigenvalue weighted by Gasteiger charge is -2.13. The van der Waals surface area contributed by atoms with Crippen molar-refractivity contribution in [2.45, 2.75) is 6.92 Å². The molecule has 0 bridgehead atoms. The van der Waals surface area contributed by atoms with Gasteiger partial charge in [0, 0.05) is 6.07 Å². The number of allylic oxidation sites excluding steroid dienone is 1. The van der Waals surface area contributed by atoms with Gasteiger partial charge in [-0.15, -0.1) is 0 Å². The molecule has 0 unspecified atom stereocenters. The summed E-state index contributed by atoms with van der Waals surface area (Å²) in [4.78, 5) is 11.0. The molecule has 0 fully saturated rings. The van der Waals surface area contributed by atoms with Crippen LogP contribution in [0.4, 0.5) is 14.5 Å². The highest BCUT2D eigenvalue weighted by Gasteiger charge is 2.13. The number of anilines is 1. The maximum atomic E-state index is 13.8. The zero-order valence-corrected chi connectivity index (χ0v) is 14.2. The lowest BCUT2D eigenvalue weighted by Crippen LogP contribution is -2.10. The van der Waals surface area contributed by atoms with Gasteiger partial charge in [0.15, 0.2) is 23.1 Å². The van der Waals surface area contributed by atoms with E-state index in [1.54, 1.807) is 6.07 Å². The first-order valence-corrected chi connectivity index (χ1v) is 8.96. The van der Waals surface area contributed by atoms with E-state index in [2.05, 4.69) is 4.72 Å². The van der Waals surface area contributed by atoms with Crippen LogP contribution in [-0.2, 0) is 14.8 Å². The number of hydrogen-bond acceptors (Lipinski definition) is 4. The Kier molecular flexibility index (Phi) is 5.53. The number of rotatable bonds is 6. The fourth-order valence-electron chi connectivity index (χ4n) is 1.90. The first-order valence-electron chi connectivity index (χ1n) is 7.07. The molecule has 2 aromatic rings. The molecular weight excluding hydrogens is 352 g/mol. The van der Waals surface area contributed by atoms with Gasteiger partial charge >= 0.3 is 0 Å². The third kappa shape index (κ3) is 5.68. The minimum atomic E-state index is -3.60. The van der Waals surface area contributed by atoms with E-state index in [-0.39, 0.29) is 23.0 Å². The maximum Gasteiger partial charge on any atom is 0.229 e. The van der Waals surface area contributed by atoms with Crippen molar-refractivity contribution in [2.75, 3.05) is 11.0 Å². The zero-order valence-electron chi connectivity index (χ0n) is 13.4. The van der Waals surface area contributed by atoms with Crippen LogP contribution < -0.4 is 9.46 Å². The van der Waals surface area contributed by atoms with Crippen LogP contribution in [0, 0.1) is 11.6 Å². The molecule has 5 nitrogen and oxygen atoms in total. The molecule has 25 heavy (non-hydrogen) atoms. The van der Waals surface area contributed by atoms with Gasteiger partial charge < -0.3 is 4.74 Å². The second kappa shape index (κ2) is 7.43. The predicted molar refractivity (Wildman–Crippen MR) is 91.1 cm³/mol. The summed E-state index contributed by atoms with van der Waals surface area (Å²) in [5.41, 5.74) is 0.609. The molecule has 0 radical (unpaired) electrons. The molecule has 2 rings (SSSR count). The molecular formula is C17H15F2NO4S. The van der Waals surface area contributed by atoms with E-state index >= 15 is 0 Å². The Labute approximate surface area is 144 Å². The quantitative estimate of drug-likeness (QED) is 0.790. The van der Waals surface area contributed by atoms with Crippen LogP contribution in [0.2, 0.25) is 0 Å². The van der Waals surface area contributed by atoms with Gasteiger partial charge in [-0.1, -0.05) is 12.1 Å². The molecule has 0 aromatic heterocycles. The van der Waals surface area contributed by atoms with Crippen molar-refractivity contribution >= 4 is 27.6 Å². The molecule has 0 aliphatic rings. The van der Waals surface area contributed by atoms with Crippen LogP contribution in [0.5, 0.6) is 11.5 Å². The number of sulfonamides is 1. The first kappa shape index (κ1) is 18.6. The molecule has 2 aromatic carbocycles. The fraction of sp³-hybridized carbons (Fsp3) is 0.118. The van der Waals surface area contributed by atoms with Gasteiger partial charge in [0.25, 0.3) is 0 Å². The van der Waals surface area contributed by atoms with Crippen molar-refractivity contribution in [1.82, 2.24) is 0 Å². The van der Waals surface area contributed by atoms with E-state index in [9.17, 15) is 22.0 Å². The average molecular weight is 367 g/mol. The lowest BCUT2D eigenvalue weighted by atomic mass is 10.1. The Morgan fingerprint density at radius 2 is 1.84 bits per heavy atom. The number of hydrogen-bond donors (Lipinski definition) is 1. The standard InChI is InChI=1S/C17H15F2NO4S/c1-11(21)3-4-12-5-7-15(20-25(2,22)23)17(9-12)24-16-8-6-13(18)10-14(16)19/h3-10,20H,1-2H3. The van der Waals surface area contributed by atoms with Crippen LogP contribution in [0.15, 0.2) is 42.5 Å². The summed E-state index contributed by atoms with van der Waals surface area (Å²) >= 11 is 0. The summed E-state index contributed by atoms with van der Waals surface area (Å²) in [6.45, 7) is 1.38. The largest absolute Gasteiger partial charge is 0.452 e. The van der Waals surface area contributed by atoms with E-state index in [0.29, 0.717) is 11.6 Å². The third-order valence-corrected chi connectivity index (χ3v) is 3.52.